The minimum absolute atomic E-state index is 0.0427. The average Bonchev–Trinajstić information content (AvgIpc) is 3.67. The third-order valence-electron chi connectivity index (χ3n) is 7.71. The number of ether oxygens (including phenoxy) is 1. The highest BCUT2D eigenvalue weighted by Crippen LogP contribution is 2.48. The summed E-state index contributed by atoms with van der Waals surface area (Å²) in [5.41, 5.74) is 5.73. The van der Waals surface area contributed by atoms with Crippen LogP contribution in [0.15, 0.2) is 85.1 Å². The van der Waals surface area contributed by atoms with E-state index in [1.165, 1.54) is 22.1 Å². The number of aromatic amines is 1. The molecule has 5 rings (SSSR count). The fourth-order valence-electron chi connectivity index (χ4n) is 5.30. The Bertz CT molecular complexity index is 1400. The monoisotopic (exact) mass is 523 g/mol. The van der Waals surface area contributed by atoms with E-state index in [0.717, 1.165) is 23.9 Å². The SMILES string of the molecule is COCCN(CC(=O)N(CCc1c[nH]c2ccccc12)Cc1ccc(C)cc1)C(=O)C1CC1c1ccccc1. The topological polar surface area (TPSA) is 65.6 Å². The van der Waals surface area contributed by atoms with E-state index >= 15 is 0 Å². The Hall–Kier alpha value is -3.90. The lowest BCUT2D eigenvalue weighted by molar-refractivity contribution is -0.142. The third-order valence-corrected chi connectivity index (χ3v) is 7.71. The van der Waals surface area contributed by atoms with Crippen LogP contribution in [0.5, 0.6) is 0 Å². The Balaban J connectivity index is 1.31. The van der Waals surface area contributed by atoms with Gasteiger partial charge < -0.3 is 19.5 Å². The number of methoxy groups -OCH3 is 1. The highest BCUT2D eigenvalue weighted by molar-refractivity contribution is 5.88. The van der Waals surface area contributed by atoms with Gasteiger partial charge in [0, 0.05) is 49.8 Å². The number of hydrogen-bond donors (Lipinski definition) is 1. The maximum absolute atomic E-state index is 13.8. The lowest BCUT2D eigenvalue weighted by Gasteiger charge is -2.28. The predicted octanol–water partition coefficient (Wildman–Crippen LogP) is 5.33. The summed E-state index contributed by atoms with van der Waals surface area (Å²) in [7, 11) is 1.62. The maximum atomic E-state index is 13.8. The first-order valence-corrected chi connectivity index (χ1v) is 13.7. The van der Waals surface area contributed by atoms with Crippen LogP contribution in [0.2, 0.25) is 0 Å². The number of H-pyrrole nitrogens is 1. The number of para-hydroxylation sites is 1. The summed E-state index contributed by atoms with van der Waals surface area (Å²) in [4.78, 5) is 34.3. The number of amides is 2. The van der Waals surface area contributed by atoms with Gasteiger partial charge in [-0.3, -0.25) is 9.59 Å². The van der Waals surface area contributed by atoms with Gasteiger partial charge in [0.15, 0.2) is 0 Å². The summed E-state index contributed by atoms with van der Waals surface area (Å²) in [6, 6.07) is 26.7. The van der Waals surface area contributed by atoms with Crippen LogP contribution in [-0.2, 0) is 27.3 Å². The first-order valence-electron chi connectivity index (χ1n) is 13.7. The molecule has 0 spiro atoms. The van der Waals surface area contributed by atoms with Crippen LogP contribution >= 0.6 is 0 Å². The van der Waals surface area contributed by atoms with E-state index < -0.39 is 0 Å². The quantitative estimate of drug-likeness (QED) is 0.273. The summed E-state index contributed by atoms with van der Waals surface area (Å²) < 4.78 is 5.30. The van der Waals surface area contributed by atoms with Gasteiger partial charge in [0.25, 0.3) is 0 Å². The largest absolute Gasteiger partial charge is 0.383 e. The van der Waals surface area contributed by atoms with Gasteiger partial charge in [0.05, 0.1) is 13.2 Å². The Morgan fingerprint density at radius 3 is 2.44 bits per heavy atom. The second-order valence-corrected chi connectivity index (χ2v) is 10.5. The Kier molecular flexibility index (Phi) is 8.42. The third kappa shape index (κ3) is 6.58. The molecule has 202 valence electrons. The number of nitrogens with one attached hydrogen (secondary N) is 1. The highest BCUT2D eigenvalue weighted by Gasteiger charge is 2.46. The fraction of sp³-hybridized carbons (Fsp3) is 0.333. The minimum Gasteiger partial charge on any atom is -0.383 e. The second-order valence-electron chi connectivity index (χ2n) is 10.5. The number of benzene rings is 3. The summed E-state index contributed by atoms with van der Waals surface area (Å²) in [6.07, 6.45) is 3.59. The average molecular weight is 524 g/mol. The molecule has 2 atom stereocenters. The zero-order valence-corrected chi connectivity index (χ0v) is 22.8. The summed E-state index contributed by atoms with van der Waals surface area (Å²) >= 11 is 0. The van der Waals surface area contributed by atoms with Gasteiger partial charge in [-0.05, 0) is 48.4 Å². The molecule has 4 aromatic rings. The number of fused-ring (bicyclic) bond motifs is 1. The normalized spacial score (nSPS) is 16.3. The van der Waals surface area contributed by atoms with E-state index in [1.807, 2.05) is 41.4 Å². The van der Waals surface area contributed by atoms with Crippen molar-refractivity contribution in [2.24, 2.45) is 5.92 Å². The molecule has 1 aliphatic carbocycles. The van der Waals surface area contributed by atoms with Crippen LogP contribution in [0.3, 0.4) is 0 Å². The zero-order chi connectivity index (χ0) is 27.2. The summed E-state index contributed by atoms with van der Waals surface area (Å²) in [5.74, 6) is 0.149. The second kappa shape index (κ2) is 12.3. The molecule has 39 heavy (non-hydrogen) atoms. The van der Waals surface area contributed by atoms with Gasteiger partial charge in [-0.25, -0.2) is 0 Å². The number of aromatic nitrogens is 1. The van der Waals surface area contributed by atoms with Crippen molar-refractivity contribution in [2.75, 3.05) is 33.4 Å². The number of carbonyl (C=O) groups is 2. The molecule has 1 saturated carbocycles. The molecule has 6 nitrogen and oxygen atoms in total. The lowest BCUT2D eigenvalue weighted by atomic mass is 10.1. The highest BCUT2D eigenvalue weighted by atomic mass is 16.5. The van der Waals surface area contributed by atoms with Crippen molar-refractivity contribution in [3.8, 4) is 0 Å². The summed E-state index contributed by atoms with van der Waals surface area (Å²) in [5, 5.41) is 1.18. The number of nitrogens with zero attached hydrogens (tertiary/aromatic N) is 2. The van der Waals surface area contributed by atoms with Crippen molar-refractivity contribution in [2.45, 2.75) is 32.2 Å². The van der Waals surface area contributed by atoms with Crippen molar-refractivity contribution >= 4 is 22.7 Å². The van der Waals surface area contributed by atoms with E-state index in [2.05, 4.69) is 60.4 Å². The van der Waals surface area contributed by atoms with Crippen molar-refractivity contribution in [1.29, 1.82) is 0 Å². The van der Waals surface area contributed by atoms with Crippen LogP contribution < -0.4 is 0 Å². The van der Waals surface area contributed by atoms with E-state index in [4.69, 9.17) is 4.74 Å². The number of carbonyl (C=O) groups excluding carboxylic acids is 2. The van der Waals surface area contributed by atoms with E-state index in [0.29, 0.717) is 26.2 Å². The van der Waals surface area contributed by atoms with Crippen molar-refractivity contribution < 1.29 is 14.3 Å². The van der Waals surface area contributed by atoms with Crippen molar-refractivity contribution in [3.05, 3.63) is 107 Å². The fourth-order valence-corrected chi connectivity index (χ4v) is 5.30. The Morgan fingerprint density at radius 2 is 1.67 bits per heavy atom. The van der Waals surface area contributed by atoms with Gasteiger partial charge in [-0.1, -0.05) is 78.4 Å². The van der Waals surface area contributed by atoms with Crippen LogP contribution in [0.25, 0.3) is 10.9 Å². The lowest BCUT2D eigenvalue weighted by Crippen LogP contribution is -2.45. The van der Waals surface area contributed by atoms with Crippen LogP contribution in [0.4, 0.5) is 0 Å². The molecule has 0 aliphatic heterocycles. The molecule has 1 heterocycles. The molecular formula is C33H37N3O3. The van der Waals surface area contributed by atoms with Crippen molar-refractivity contribution in [3.63, 3.8) is 0 Å². The first-order chi connectivity index (χ1) is 19.0. The van der Waals surface area contributed by atoms with Crippen molar-refractivity contribution in [1.82, 2.24) is 14.8 Å². The molecule has 1 aromatic heterocycles. The molecule has 0 bridgehead atoms. The standard InChI is InChI=1S/C33H37N3O3/c1-24-12-14-25(15-13-24)22-35(17-16-27-21-34-31-11-7-6-10-28(27)31)32(37)23-36(18-19-39-2)33(38)30-20-29(30)26-8-4-3-5-9-26/h3-15,21,29-30,34H,16-20,22-23H2,1-2H3. The maximum Gasteiger partial charge on any atom is 0.242 e. The van der Waals surface area contributed by atoms with Gasteiger partial charge in [-0.2, -0.15) is 0 Å². The molecule has 6 heteroatoms. The van der Waals surface area contributed by atoms with Gasteiger partial charge in [-0.15, -0.1) is 0 Å². The number of rotatable bonds is 12. The number of hydrogen-bond acceptors (Lipinski definition) is 3. The van der Waals surface area contributed by atoms with E-state index in [9.17, 15) is 9.59 Å². The van der Waals surface area contributed by atoms with E-state index in [1.54, 1.807) is 12.0 Å². The molecule has 1 aliphatic rings. The van der Waals surface area contributed by atoms with Crippen LogP contribution in [0, 0.1) is 12.8 Å². The smallest absolute Gasteiger partial charge is 0.242 e. The molecule has 2 unspecified atom stereocenters. The van der Waals surface area contributed by atoms with Gasteiger partial charge in [0.2, 0.25) is 11.8 Å². The van der Waals surface area contributed by atoms with Gasteiger partial charge >= 0.3 is 0 Å². The zero-order valence-electron chi connectivity index (χ0n) is 22.8. The first kappa shape index (κ1) is 26.7. The summed E-state index contributed by atoms with van der Waals surface area (Å²) in [6.45, 7) is 3.99. The predicted molar refractivity (Wildman–Crippen MR) is 154 cm³/mol. The molecule has 1 fully saturated rings. The number of aryl methyl sites for hydroxylation is 1. The molecule has 3 aromatic carbocycles. The molecule has 0 saturated heterocycles. The Labute approximate surface area is 230 Å². The van der Waals surface area contributed by atoms with Crippen LogP contribution in [-0.4, -0.2) is 59.9 Å². The molecule has 2 amide bonds. The minimum atomic E-state index is -0.0752. The van der Waals surface area contributed by atoms with Gasteiger partial charge in [0.1, 0.15) is 0 Å². The van der Waals surface area contributed by atoms with E-state index in [-0.39, 0.29) is 30.2 Å². The Morgan fingerprint density at radius 1 is 0.923 bits per heavy atom. The molecule has 0 radical (unpaired) electrons. The molecular weight excluding hydrogens is 486 g/mol. The van der Waals surface area contributed by atoms with Crippen LogP contribution in [0.1, 0.15) is 34.6 Å². The molecule has 1 N–H and O–H groups in total.